The number of carbonyl (C=O) groups is 1. The van der Waals surface area contributed by atoms with Gasteiger partial charge in [-0.2, -0.15) is 0 Å². The third-order valence-corrected chi connectivity index (χ3v) is 4.85. The Kier molecular flexibility index (Phi) is 7.33. The summed E-state index contributed by atoms with van der Waals surface area (Å²) >= 11 is 9.46. The fourth-order valence-corrected chi connectivity index (χ4v) is 3.30. The Morgan fingerprint density at radius 1 is 1.07 bits per heavy atom. The molecule has 0 saturated carbocycles. The van der Waals surface area contributed by atoms with E-state index in [-0.39, 0.29) is 5.91 Å². The van der Waals surface area contributed by atoms with E-state index in [4.69, 9.17) is 21.1 Å². The maximum atomic E-state index is 12.2. The molecule has 0 aliphatic carbocycles. The Morgan fingerprint density at radius 2 is 1.86 bits per heavy atom. The van der Waals surface area contributed by atoms with Gasteiger partial charge >= 0.3 is 0 Å². The van der Waals surface area contributed by atoms with Crippen molar-refractivity contribution in [3.8, 4) is 11.5 Å². The second-order valence-corrected chi connectivity index (χ2v) is 7.45. The first-order chi connectivity index (χ1) is 14.0. The van der Waals surface area contributed by atoms with Crippen molar-refractivity contribution >= 4 is 45.2 Å². The van der Waals surface area contributed by atoms with Crippen molar-refractivity contribution in [2.45, 2.75) is 6.61 Å². The Morgan fingerprint density at radius 3 is 2.59 bits per heavy atom. The van der Waals surface area contributed by atoms with Crippen LogP contribution in [0, 0.1) is 0 Å². The highest BCUT2D eigenvalue weighted by atomic mass is 79.9. The molecule has 0 unspecified atom stereocenters. The summed E-state index contributed by atoms with van der Waals surface area (Å²) in [6.07, 6.45) is 3.14. The van der Waals surface area contributed by atoms with Crippen LogP contribution >= 0.6 is 27.5 Å². The molecule has 0 fully saturated rings. The molecular formula is C23H19BrClNO3. The van der Waals surface area contributed by atoms with Gasteiger partial charge < -0.3 is 14.8 Å². The predicted molar refractivity (Wildman–Crippen MR) is 121 cm³/mol. The smallest absolute Gasteiger partial charge is 0.248 e. The van der Waals surface area contributed by atoms with Gasteiger partial charge in [0.1, 0.15) is 6.61 Å². The molecule has 1 amide bonds. The highest BCUT2D eigenvalue weighted by Crippen LogP contribution is 2.29. The van der Waals surface area contributed by atoms with Crippen LogP contribution in [0.25, 0.3) is 6.08 Å². The van der Waals surface area contributed by atoms with Gasteiger partial charge in [0.15, 0.2) is 11.5 Å². The average molecular weight is 473 g/mol. The van der Waals surface area contributed by atoms with E-state index in [0.29, 0.717) is 28.8 Å². The van der Waals surface area contributed by atoms with Crippen LogP contribution in [0.2, 0.25) is 5.02 Å². The minimum absolute atomic E-state index is 0.280. The molecule has 0 aromatic heterocycles. The number of benzene rings is 3. The van der Waals surface area contributed by atoms with E-state index in [1.807, 2.05) is 54.6 Å². The summed E-state index contributed by atoms with van der Waals surface area (Å²) in [5, 5.41) is 3.21. The first kappa shape index (κ1) is 21.0. The molecule has 6 heteroatoms. The van der Waals surface area contributed by atoms with Gasteiger partial charge in [-0.05, 0) is 47.5 Å². The standard InChI is InChI=1S/C23H19BrClNO3/c1-28-22-13-16(7-11-21(22)29-15-17-5-3-2-4-6-17)8-12-23(27)26-20-10-9-18(24)14-19(20)25/h2-14H,15H2,1H3,(H,26,27)/b12-8+. The maximum Gasteiger partial charge on any atom is 0.248 e. The van der Waals surface area contributed by atoms with Crippen molar-refractivity contribution in [2.24, 2.45) is 0 Å². The fourth-order valence-electron chi connectivity index (χ4n) is 2.58. The molecule has 0 bridgehead atoms. The number of hydrogen-bond acceptors (Lipinski definition) is 3. The topological polar surface area (TPSA) is 47.6 Å². The number of halogens is 2. The molecule has 29 heavy (non-hydrogen) atoms. The minimum atomic E-state index is -0.280. The molecule has 3 aromatic rings. The van der Waals surface area contributed by atoms with Crippen molar-refractivity contribution < 1.29 is 14.3 Å². The van der Waals surface area contributed by atoms with Crippen molar-refractivity contribution in [3.05, 3.63) is 93.4 Å². The first-order valence-electron chi connectivity index (χ1n) is 8.84. The van der Waals surface area contributed by atoms with Gasteiger partial charge in [-0.15, -0.1) is 0 Å². The molecule has 148 valence electrons. The summed E-state index contributed by atoms with van der Waals surface area (Å²) in [7, 11) is 1.58. The highest BCUT2D eigenvalue weighted by Gasteiger charge is 2.07. The Hall–Kier alpha value is -2.76. The van der Waals surface area contributed by atoms with Gasteiger partial charge in [0.2, 0.25) is 5.91 Å². The van der Waals surface area contributed by atoms with Crippen LogP contribution < -0.4 is 14.8 Å². The van der Waals surface area contributed by atoms with E-state index in [9.17, 15) is 4.79 Å². The molecule has 1 N–H and O–H groups in total. The minimum Gasteiger partial charge on any atom is -0.493 e. The van der Waals surface area contributed by atoms with Crippen molar-refractivity contribution in [2.75, 3.05) is 12.4 Å². The lowest BCUT2D eigenvalue weighted by Crippen LogP contribution is -2.08. The third kappa shape index (κ3) is 6.11. The summed E-state index contributed by atoms with van der Waals surface area (Å²) in [6.45, 7) is 0.447. The third-order valence-electron chi connectivity index (χ3n) is 4.04. The summed E-state index contributed by atoms with van der Waals surface area (Å²) in [5.74, 6) is 0.955. The van der Waals surface area contributed by atoms with Crippen LogP contribution in [0.3, 0.4) is 0 Å². The number of ether oxygens (including phenoxy) is 2. The monoisotopic (exact) mass is 471 g/mol. The SMILES string of the molecule is COc1cc(/C=C/C(=O)Nc2ccc(Br)cc2Cl)ccc1OCc1ccccc1. The molecule has 0 saturated heterocycles. The Bertz CT molecular complexity index is 1020. The van der Waals surface area contributed by atoms with E-state index in [0.717, 1.165) is 15.6 Å². The van der Waals surface area contributed by atoms with Crippen molar-refractivity contribution in [1.29, 1.82) is 0 Å². The van der Waals surface area contributed by atoms with E-state index >= 15 is 0 Å². The van der Waals surface area contributed by atoms with Crippen LogP contribution in [0.1, 0.15) is 11.1 Å². The number of hydrogen-bond donors (Lipinski definition) is 1. The van der Waals surface area contributed by atoms with Crippen LogP contribution in [0.5, 0.6) is 11.5 Å². The lowest BCUT2D eigenvalue weighted by molar-refractivity contribution is -0.111. The van der Waals surface area contributed by atoms with E-state index in [1.54, 1.807) is 25.3 Å². The van der Waals surface area contributed by atoms with E-state index in [2.05, 4.69) is 21.2 Å². The number of nitrogens with one attached hydrogen (secondary N) is 1. The van der Waals surface area contributed by atoms with Gasteiger partial charge in [-0.1, -0.05) is 63.9 Å². The number of carbonyl (C=O) groups excluding carboxylic acids is 1. The quantitative estimate of drug-likeness (QED) is 0.408. The number of anilines is 1. The molecule has 3 aromatic carbocycles. The number of rotatable bonds is 7. The van der Waals surface area contributed by atoms with Crippen molar-refractivity contribution in [1.82, 2.24) is 0 Å². The van der Waals surface area contributed by atoms with E-state index in [1.165, 1.54) is 6.08 Å². The molecule has 0 spiro atoms. The van der Waals surface area contributed by atoms with Crippen LogP contribution in [0.4, 0.5) is 5.69 Å². The number of methoxy groups -OCH3 is 1. The predicted octanol–water partition coefficient (Wildman–Crippen LogP) is 6.34. The fraction of sp³-hybridized carbons (Fsp3) is 0.0870. The Balaban J connectivity index is 1.65. The second-order valence-electron chi connectivity index (χ2n) is 6.13. The Labute approximate surface area is 183 Å². The highest BCUT2D eigenvalue weighted by molar-refractivity contribution is 9.10. The van der Waals surface area contributed by atoms with Crippen LogP contribution in [0.15, 0.2) is 77.3 Å². The summed E-state index contributed by atoms with van der Waals surface area (Å²) < 4.78 is 12.1. The number of amides is 1. The molecule has 0 radical (unpaired) electrons. The average Bonchev–Trinajstić information content (AvgIpc) is 2.73. The maximum absolute atomic E-state index is 12.2. The molecule has 0 aliphatic rings. The van der Waals surface area contributed by atoms with Crippen LogP contribution in [-0.4, -0.2) is 13.0 Å². The zero-order chi connectivity index (χ0) is 20.6. The molecule has 0 atom stereocenters. The molecule has 4 nitrogen and oxygen atoms in total. The lowest BCUT2D eigenvalue weighted by Gasteiger charge is -2.11. The van der Waals surface area contributed by atoms with Crippen molar-refractivity contribution in [3.63, 3.8) is 0 Å². The van der Waals surface area contributed by atoms with E-state index < -0.39 is 0 Å². The zero-order valence-corrected chi connectivity index (χ0v) is 18.0. The van der Waals surface area contributed by atoms with Crippen LogP contribution in [-0.2, 0) is 11.4 Å². The largest absolute Gasteiger partial charge is 0.493 e. The molecule has 3 rings (SSSR count). The summed E-state index contributed by atoms with van der Waals surface area (Å²) in [6, 6.07) is 20.7. The van der Waals surface area contributed by atoms with Gasteiger partial charge in [-0.3, -0.25) is 4.79 Å². The zero-order valence-electron chi connectivity index (χ0n) is 15.7. The van der Waals surface area contributed by atoms with Gasteiger partial charge in [0, 0.05) is 10.5 Å². The normalized spacial score (nSPS) is 10.7. The van der Waals surface area contributed by atoms with Gasteiger partial charge in [0.25, 0.3) is 0 Å². The van der Waals surface area contributed by atoms with Gasteiger partial charge in [-0.25, -0.2) is 0 Å². The molecule has 0 aliphatic heterocycles. The summed E-state index contributed by atoms with van der Waals surface area (Å²) in [4.78, 5) is 12.2. The first-order valence-corrected chi connectivity index (χ1v) is 10.0. The lowest BCUT2D eigenvalue weighted by atomic mass is 10.2. The summed E-state index contributed by atoms with van der Waals surface area (Å²) in [5.41, 5.74) is 2.43. The van der Waals surface area contributed by atoms with Gasteiger partial charge in [0.05, 0.1) is 17.8 Å². The second kappa shape index (κ2) is 10.1. The molecule has 0 heterocycles. The molecular weight excluding hydrogens is 454 g/mol.